The first kappa shape index (κ1) is 17.0. The quantitative estimate of drug-likeness (QED) is 0.847. The zero-order valence-corrected chi connectivity index (χ0v) is 14.1. The molecule has 2 heterocycles. The average molecular weight is 325 g/mol. The molecule has 1 aliphatic heterocycles. The molecule has 5 nitrogen and oxygen atoms in total. The van der Waals surface area contributed by atoms with Crippen molar-refractivity contribution < 1.29 is 4.79 Å². The SMILES string of the molecule is CCCCn1nc(C)c(C=CC(=O)N2CCCC(N)C2)c1Cl. The molecule has 122 valence electrons. The zero-order chi connectivity index (χ0) is 16.1. The summed E-state index contributed by atoms with van der Waals surface area (Å²) in [6, 6.07) is 0.0909. The standard InChI is InChI=1S/C16H25ClN4O/c1-3-4-10-21-16(17)14(12(2)19-21)7-8-15(22)20-9-5-6-13(18)11-20/h7-8,13H,3-6,9-11,18H2,1-2H3. The highest BCUT2D eigenvalue weighted by Gasteiger charge is 2.19. The highest BCUT2D eigenvalue weighted by atomic mass is 35.5. The highest BCUT2D eigenvalue weighted by Crippen LogP contribution is 2.22. The molecule has 2 N–H and O–H groups in total. The second-order valence-electron chi connectivity index (χ2n) is 5.89. The molecule has 1 fully saturated rings. The number of likely N-dealkylation sites (tertiary alicyclic amines) is 1. The Kier molecular flexibility index (Phi) is 6.03. The van der Waals surface area contributed by atoms with E-state index in [9.17, 15) is 4.79 Å². The molecule has 0 bridgehead atoms. The lowest BCUT2D eigenvalue weighted by Crippen LogP contribution is -2.45. The summed E-state index contributed by atoms with van der Waals surface area (Å²) in [5.41, 5.74) is 7.59. The van der Waals surface area contributed by atoms with Crippen molar-refractivity contribution in [1.82, 2.24) is 14.7 Å². The van der Waals surface area contributed by atoms with E-state index in [4.69, 9.17) is 17.3 Å². The first-order chi connectivity index (χ1) is 10.5. The van der Waals surface area contributed by atoms with Crippen LogP contribution in [0, 0.1) is 6.92 Å². The molecule has 1 aliphatic rings. The van der Waals surface area contributed by atoms with Gasteiger partial charge in [0.25, 0.3) is 0 Å². The predicted octanol–water partition coefficient (Wildman–Crippen LogP) is 2.61. The van der Waals surface area contributed by atoms with Crippen LogP contribution in [0.2, 0.25) is 5.15 Å². The van der Waals surface area contributed by atoms with E-state index in [0.717, 1.165) is 50.0 Å². The van der Waals surface area contributed by atoms with Gasteiger partial charge in [-0.25, -0.2) is 0 Å². The fraction of sp³-hybridized carbons (Fsp3) is 0.625. The minimum absolute atomic E-state index is 0.00748. The maximum atomic E-state index is 12.2. The van der Waals surface area contributed by atoms with Crippen molar-refractivity contribution in [2.45, 2.75) is 52.1 Å². The summed E-state index contributed by atoms with van der Waals surface area (Å²) in [7, 11) is 0. The average Bonchev–Trinajstić information content (AvgIpc) is 2.77. The number of halogens is 1. The molecule has 0 radical (unpaired) electrons. The summed E-state index contributed by atoms with van der Waals surface area (Å²) < 4.78 is 1.81. The molecule has 1 saturated heterocycles. The van der Waals surface area contributed by atoms with Crippen LogP contribution in [-0.4, -0.2) is 39.7 Å². The van der Waals surface area contributed by atoms with Gasteiger partial charge in [-0.05, 0) is 32.3 Å². The highest BCUT2D eigenvalue weighted by molar-refractivity contribution is 6.31. The second-order valence-corrected chi connectivity index (χ2v) is 6.24. The van der Waals surface area contributed by atoms with Crippen molar-refractivity contribution in [2.75, 3.05) is 13.1 Å². The Morgan fingerprint density at radius 3 is 3.00 bits per heavy atom. The van der Waals surface area contributed by atoms with E-state index in [1.54, 1.807) is 21.7 Å². The number of piperidine rings is 1. The molecule has 2 rings (SSSR count). The van der Waals surface area contributed by atoms with Crippen molar-refractivity contribution in [3.63, 3.8) is 0 Å². The van der Waals surface area contributed by atoms with Crippen LogP contribution in [0.3, 0.4) is 0 Å². The number of hydrogen-bond acceptors (Lipinski definition) is 3. The molecule has 1 aromatic rings. The lowest BCUT2D eigenvalue weighted by Gasteiger charge is -2.29. The normalized spacial score (nSPS) is 19.1. The molecular formula is C16H25ClN4O. The Labute approximate surface area is 137 Å². The zero-order valence-electron chi connectivity index (χ0n) is 13.4. The van der Waals surface area contributed by atoms with Crippen molar-refractivity contribution in [3.05, 3.63) is 22.5 Å². The maximum Gasteiger partial charge on any atom is 0.246 e. The van der Waals surface area contributed by atoms with Crippen LogP contribution in [0.5, 0.6) is 0 Å². The number of amides is 1. The Morgan fingerprint density at radius 1 is 1.55 bits per heavy atom. The maximum absolute atomic E-state index is 12.2. The van der Waals surface area contributed by atoms with Crippen molar-refractivity contribution in [1.29, 1.82) is 0 Å². The minimum atomic E-state index is -0.00748. The topological polar surface area (TPSA) is 64.2 Å². The fourth-order valence-electron chi connectivity index (χ4n) is 2.68. The molecule has 1 aromatic heterocycles. The minimum Gasteiger partial charge on any atom is -0.338 e. The van der Waals surface area contributed by atoms with Crippen LogP contribution in [0.4, 0.5) is 0 Å². The molecule has 1 unspecified atom stereocenters. The Bertz CT molecular complexity index is 553. The summed E-state index contributed by atoms with van der Waals surface area (Å²) in [5.74, 6) is -0.00748. The number of hydrogen-bond donors (Lipinski definition) is 1. The predicted molar refractivity (Wildman–Crippen MR) is 89.7 cm³/mol. The summed E-state index contributed by atoms with van der Waals surface area (Å²) in [5, 5.41) is 5.04. The van der Waals surface area contributed by atoms with Gasteiger partial charge in [0.1, 0.15) is 5.15 Å². The third-order valence-electron chi connectivity index (χ3n) is 3.99. The molecule has 6 heteroatoms. The van der Waals surface area contributed by atoms with Crippen LogP contribution < -0.4 is 5.73 Å². The first-order valence-electron chi connectivity index (χ1n) is 7.98. The van der Waals surface area contributed by atoms with Gasteiger partial charge in [-0.1, -0.05) is 24.9 Å². The van der Waals surface area contributed by atoms with Crippen LogP contribution >= 0.6 is 11.6 Å². The number of carbonyl (C=O) groups excluding carboxylic acids is 1. The van der Waals surface area contributed by atoms with E-state index in [1.807, 2.05) is 6.92 Å². The molecule has 1 atom stereocenters. The third-order valence-corrected chi connectivity index (χ3v) is 4.39. The third kappa shape index (κ3) is 4.11. The molecule has 22 heavy (non-hydrogen) atoms. The van der Waals surface area contributed by atoms with Crippen molar-refractivity contribution >= 4 is 23.6 Å². The smallest absolute Gasteiger partial charge is 0.246 e. The monoisotopic (exact) mass is 324 g/mol. The number of aromatic nitrogens is 2. The lowest BCUT2D eigenvalue weighted by molar-refractivity contribution is -0.127. The number of unbranched alkanes of at least 4 members (excludes halogenated alkanes) is 1. The van der Waals surface area contributed by atoms with Crippen LogP contribution in [0.25, 0.3) is 6.08 Å². The number of rotatable bonds is 5. The summed E-state index contributed by atoms with van der Waals surface area (Å²) in [6.45, 7) is 6.26. The Morgan fingerprint density at radius 2 is 2.32 bits per heavy atom. The molecule has 0 aromatic carbocycles. The molecular weight excluding hydrogens is 300 g/mol. The van der Waals surface area contributed by atoms with Gasteiger partial charge >= 0.3 is 0 Å². The van der Waals surface area contributed by atoms with Gasteiger partial charge in [-0.2, -0.15) is 5.10 Å². The number of nitrogens with two attached hydrogens (primary N) is 1. The van der Waals surface area contributed by atoms with E-state index >= 15 is 0 Å². The largest absolute Gasteiger partial charge is 0.338 e. The molecule has 0 aliphatic carbocycles. The van der Waals surface area contributed by atoms with Gasteiger partial charge < -0.3 is 10.6 Å². The lowest BCUT2D eigenvalue weighted by atomic mass is 10.1. The van der Waals surface area contributed by atoms with Crippen molar-refractivity contribution in [2.24, 2.45) is 5.73 Å². The molecule has 0 saturated carbocycles. The van der Waals surface area contributed by atoms with Gasteiger partial charge in [0.05, 0.1) is 5.69 Å². The Hall–Kier alpha value is -1.33. The van der Waals surface area contributed by atoms with Gasteiger partial charge in [-0.3, -0.25) is 9.48 Å². The van der Waals surface area contributed by atoms with Crippen molar-refractivity contribution in [3.8, 4) is 0 Å². The number of nitrogens with zero attached hydrogens (tertiary/aromatic N) is 3. The van der Waals surface area contributed by atoms with E-state index < -0.39 is 0 Å². The van der Waals surface area contributed by atoms with Crippen LogP contribution in [0.15, 0.2) is 6.08 Å². The first-order valence-corrected chi connectivity index (χ1v) is 8.36. The van der Waals surface area contributed by atoms with E-state index in [0.29, 0.717) is 11.7 Å². The van der Waals surface area contributed by atoms with Gasteiger partial charge in [0, 0.05) is 37.3 Å². The van der Waals surface area contributed by atoms with Crippen LogP contribution in [-0.2, 0) is 11.3 Å². The van der Waals surface area contributed by atoms with E-state index in [1.165, 1.54) is 0 Å². The van der Waals surface area contributed by atoms with Gasteiger partial charge in [-0.15, -0.1) is 0 Å². The number of carbonyl (C=O) groups is 1. The summed E-state index contributed by atoms with van der Waals surface area (Å²) in [4.78, 5) is 14.0. The summed E-state index contributed by atoms with van der Waals surface area (Å²) in [6.07, 6.45) is 7.44. The van der Waals surface area contributed by atoms with E-state index in [-0.39, 0.29) is 11.9 Å². The number of aryl methyl sites for hydroxylation is 2. The van der Waals surface area contributed by atoms with Gasteiger partial charge in [0.2, 0.25) is 5.91 Å². The van der Waals surface area contributed by atoms with Gasteiger partial charge in [0.15, 0.2) is 0 Å². The molecule has 0 spiro atoms. The summed E-state index contributed by atoms with van der Waals surface area (Å²) >= 11 is 6.36. The second kappa shape index (κ2) is 7.79. The molecule has 1 amide bonds. The fourth-order valence-corrected chi connectivity index (χ4v) is 3.00. The Balaban J connectivity index is 2.06. The van der Waals surface area contributed by atoms with E-state index in [2.05, 4.69) is 12.0 Å². The van der Waals surface area contributed by atoms with Crippen LogP contribution in [0.1, 0.15) is 43.9 Å².